The van der Waals surface area contributed by atoms with Gasteiger partial charge in [0.25, 0.3) is 0 Å². The lowest BCUT2D eigenvalue weighted by Crippen LogP contribution is -2.45. The van der Waals surface area contributed by atoms with E-state index in [1.54, 1.807) is 0 Å². The summed E-state index contributed by atoms with van der Waals surface area (Å²) in [6.45, 7) is 15.5. The zero-order chi connectivity index (χ0) is 16.0. The highest BCUT2D eigenvalue weighted by atomic mass is 35.5. The molecule has 0 radical (unpaired) electrons. The molecule has 0 saturated carbocycles. The summed E-state index contributed by atoms with van der Waals surface area (Å²) in [5.41, 5.74) is 0.0382. The van der Waals surface area contributed by atoms with Crippen LogP contribution in [0.4, 0.5) is 0 Å². The molecule has 0 spiro atoms. The van der Waals surface area contributed by atoms with Crippen molar-refractivity contribution in [2.24, 2.45) is 16.7 Å². The van der Waals surface area contributed by atoms with Gasteiger partial charge >= 0.3 is 0 Å². The standard InChI is InChI=1S/C18H36Cl2/c1-8-9-10-11-12-13-14-15(16(2,3)4)18(19,20)17(5,6)7/h15H,8-14H2,1-7H3. The van der Waals surface area contributed by atoms with E-state index in [0.717, 1.165) is 6.42 Å². The zero-order valence-electron chi connectivity index (χ0n) is 14.8. The minimum atomic E-state index is -0.672. The van der Waals surface area contributed by atoms with E-state index >= 15 is 0 Å². The first-order valence-electron chi connectivity index (χ1n) is 8.32. The maximum absolute atomic E-state index is 6.79. The third kappa shape index (κ3) is 6.56. The van der Waals surface area contributed by atoms with Crippen molar-refractivity contribution in [2.45, 2.75) is 97.7 Å². The van der Waals surface area contributed by atoms with Crippen molar-refractivity contribution in [1.29, 1.82) is 0 Å². The van der Waals surface area contributed by atoms with Gasteiger partial charge in [-0.15, -0.1) is 23.2 Å². The van der Waals surface area contributed by atoms with Crippen LogP contribution in [0.2, 0.25) is 0 Å². The molecule has 0 rings (SSSR count). The van der Waals surface area contributed by atoms with Crippen LogP contribution in [0.25, 0.3) is 0 Å². The molecule has 0 saturated heterocycles. The molecule has 0 aliphatic carbocycles. The Labute approximate surface area is 138 Å². The van der Waals surface area contributed by atoms with Crippen molar-refractivity contribution in [1.82, 2.24) is 0 Å². The number of rotatable bonds is 8. The predicted octanol–water partition coefficient (Wildman–Crippen LogP) is 7.62. The first-order chi connectivity index (χ1) is 8.94. The molecule has 2 heteroatoms. The zero-order valence-corrected chi connectivity index (χ0v) is 16.3. The summed E-state index contributed by atoms with van der Waals surface area (Å²) in [4.78, 5) is 0. The summed E-state index contributed by atoms with van der Waals surface area (Å²) < 4.78 is -0.672. The van der Waals surface area contributed by atoms with Crippen molar-refractivity contribution in [3.63, 3.8) is 0 Å². The summed E-state index contributed by atoms with van der Waals surface area (Å²) in [6, 6.07) is 0. The quantitative estimate of drug-likeness (QED) is 0.318. The Kier molecular flexibility index (Phi) is 8.52. The maximum Gasteiger partial charge on any atom is 0.126 e. The van der Waals surface area contributed by atoms with E-state index in [1.165, 1.54) is 38.5 Å². The van der Waals surface area contributed by atoms with Gasteiger partial charge in [0.15, 0.2) is 0 Å². The molecule has 0 aliphatic rings. The average molecular weight is 323 g/mol. The third-order valence-electron chi connectivity index (χ3n) is 4.33. The second-order valence-corrected chi connectivity index (χ2v) is 9.73. The van der Waals surface area contributed by atoms with Crippen LogP contribution in [0.15, 0.2) is 0 Å². The molecule has 0 aromatic carbocycles. The second kappa shape index (κ2) is 8.28. The Morgan fingerprint density at radius 2 is 1.20 bits per heavy atom. The maximum atomic E-state index is 6.79. The van der Waals surface area contributed by atoms with Gasteiger partial charge in [0.2, 0.25) is 0 Å². The molecule has 1 atom stereocenters. The van der Waals surface area contributed by atoms with Crippen LogP contribution in [0.5, 0.6) is 0 Å². The molecule has 1 unspecified atom stereocenters. The highest BCUT2D eigenvalue weighted by molar-refractivity contribution is 6.49. The molecule has 0 heterocycles. The van der Waals surface area contributed by atoms with Crippen LogP contribution in [0.3, 0.4) is 0 Å². The summed E-state index contributed by atoms with van der Waals surface area (Å²) in [6.07, 6.45) is 9.05. The third-order valence-corrected chi connectivity index (χ3v) is 5.99. The molecule has 0 aliphatic heterocycles. The van der Waals surface area contributed by atoms with E-state index < -0.39 is 4.33 Å². The summed E-state index contributed by atoms with van der Waals surface area (Å²) in [5, 5.41) is 0. The first-order valence-corrected chi connectivity index (χ1v) is 9.08. The van der Waals surface area contributed by atoms with Gasteiger partial charge in [-0.2, -0.15) is 0 Å². The number of unbranched alkanes of at least 4 members (excludes halogenated alkanes) is 5. The molecule has 0 nitrogen and oxygen atoms in total. The van der Waals surface area contributed by atoms with Gasteiger partial charge in [0.05, 0.1) is 0 Å². The monoisotopic (exact) mass is 322 g/mol. The minimum Gasteiger partial charge on any atom is -0.101 e. The molecule has 0 bridgehead atoms. The highest BCUT2D eigenvalue weighted by Gasteiger charge is 2.49. The molecule has 0 N–H and O–H groups in total. The first kappa shape index (κ1) is 20.6. The van der Waals surface area contributed by atoms with Crippen LogP contribution in [0, 0.1) is 16.7 Å². The summed E-state index contributed by atoms with van der Waals surface area (Å²) >= 11 is 13.6. The van der Waals surface area contributed by atoms with E-state index in [4.69, 9.17) is 23.2 Å². The van der Waals surface area contributed by atoms with Crippen LogP contribution in [-0.4, -0.2) is 4.33 Å². The molecule has 0 aromatic heterocycles. The molecule has 0 aromatic rings. The number of alkyl halides is 2. The minimum absolute atomic E-state index is 0.101. The molecular weight excluding hydrogens is 287 g/mol. The van der Waals surface area contributed by atoms with Crippen molar-refractivity contribution in [2.75, 3.05) is 0 Å². The van der Waals surface area contributed by atoms with Crippen LogP contribution >= 0.6 is 23.2 Å². The number of hydrogen-bond acceptors (Lipinski definition) is 0. The number of hydrogen-bond donors (Lipinski definition) is 0. The van der Waals surface area contributed by atoms with Gasteiger partial charge in [-0.25, -0.2) is 0 Å². The number of halogens is 2. The van der Waals surface area contributed by atoms with Gasteiger partial charge in [0, 0.05) is 0 Å². The Bertz CT molecular complexity index is 256. The molecule has 0 fully saturated rings. The smallest absolute Gasteiger partial charge is 0.101 e. The topological polar surface area (TPSA) is 0 Å². The molecule has 20 heavy (non-hydrogen) atoms. The van der Waals surface area contributed by atoms with Gasteiger partial charge in [-0.05, 0) is 23.2 Å². The normalized spacial score (nSPS) is 15.4. The summed E-state index contributed by atoms with van der Waals surface area (Å²) in [7, 11) is 0. The molecule has 0 amide bonds. The van der Waals surface area contributed by atoms with Gasteiger partial charge < -0.3 is 0 Å². The van der Waals surface area contributed by atoms with Crippen molar-refractivity contribution >= 4 is 23.2 Å². The Balaban J connectivity index is 4.54. The van der Waals surface area contributed by atoms with E-state index in [9.17, 15) is 0 Å². The lowest BCUT2D eigenvalue weighted by Gasteiger charge is -2.46. The van der Waals surface area contributed by atoms with E-state index in [2.05, 4.69) is 48.5 Å². The van der Waals surface area contributed by atoms with E-state index in [1.807, 2.05) is 0 Å². The molecular formula is C18H36Cl2. The van der Waals surface area contributed by atoms with Crippen LogP contribution in [0.1, 0.15) is 93.4 Å². The van der Waals surface area contributed by atoms with Crippen molar-refractivity contribution in [3.05, 3.63) is 0 Å². The van der Waals surface area contributed by atoms with Crippen LogP contribution in [-0.2, 0) is 0 Å². The fourth-order valence-electron chi connectivity index (χ4n) is 2.81. The van der Waals surface area contributed by atoms with Crippen molar-refractivity contribution in [3.8, 4) is 0 Å². The van der Waals surface area contributed by atoms with Crippen molar-refractivity contribution < 1.29 is 0 Å². The average Bonchev–Trinajstić information content (AvgIpc) is 2.24. The fraction of sp³-hybridized carbons (Fsp3) is 1.00. The Hall–Kier alpha value is 0.580. The Morgan fingerprint density at radius 3 is 1.60 bits per heavy atom. The van der Waals surface area contributed by atoms with E-state index in [0.29, 0.717) is 5.92 Å². The van der Waals surface area contributed by atoms with Gasteiger partial charge in [-0.1, -0.05) is 87.0 Å². The Morgan fingerprint density at radius 1 is 0.750 bits per heavy atom. The highest BCUT2D eigenvalue weighted by Crippen LogP contribution is 2.53. The van der Waals surface area contributed by atoms with Crippen LogP contribution < -0.4 is 0 Å². The SMILES string of the molecule is CCCCCCCCC(C(C)(C)C)C(Cl)(Cl)C(C)(C)C. The van der Waals surface area contributed by atoms with E-state index in [-0.39, 0.29) is 10.8 Å². The lowest BCUT2D eigenvalue weighted by molar-refractivity contribution is 0.135. The largest absolute Gasteiger partial charge is 0.126 e. The lowest BCUT2D eigenvalue weighted by atomic mass is 9.69. The molecule has 122 valence electrons. The second-order valence-electron chi connectivity index (χ2n) is 8.35. The predicted molar refractivity (Wildman–Crippen MR) is 94.8 cm³/mol. The van der Waals surface area contributed by atoms with Gasteiger partial charge in [-0.3, -0.25) is 0 Å². The fourth-order valence-corrected chi connectivity index (χ4v) is 3.68. The van der Waals surface area contributed by atoms with Gasteiger partial charge in [0.1, 0.15) is 4.33 Å². The summed E-state index contributed by atoms with van der Waals surface area (Å²) in [5.74, 6) is 0.324.